The van der Waals surface area contributed by atoms with Crippen LogP contribution in [0.4, 0.5) is 5.82 Å². The van der Waals surface area contributed by atoms with Crippen LogP contribution in [0.15, 0.2) is 42.5 Å². The first kappa shape index (κ1) is 23.8. The van der Waals surface area contributed by atoms with Crippen molar-refractivity contribution in [2.45, 2.75) is 38.6 Å². The molecule has 1 N–H and O–H groups in total. The number of ether oxygens (including phenoxy) is 1. The fourth-order valence-corrected chi connectivity index (χ4v) is 5.48. The van der Waals surface area contributed by atoms with Gasteiger partial charge in [0.05, 0.1) is 23.6 Å². The molecule has 0 amide bonds. The van der Waals surface area contributed by atoms with E-state index in [2.05, 4.69) is 9.80 Å². The van der Waals surface area contributed by atoms with Crippen molar-refractivity contribution in [3.8, 4) is 17.1 Å². The van der Waals surface area contributed by atoms with Gasteiger partial charge >= 0.3 is 5.97 Å². The molecule has 8 heteroatoms. The van der Waals surface area contributed by atoms with Crippen LogP contribution in [0.2, 0.25) is 5.02 Å². The third-order valence-electron chi connectivity index (χ3n) is 7.21. The summed E-state index contributed by atoms with van der Waals surface area (Å²) in [4.78, 5) is 26.6. The summed E-state index contributed by atoms with van der Waals surface area (Å²) < 4.78 is 5.22. The van der Waals surface area contributed by atoms with Crippen molar-refractivity contribution < 1.29 is 14.6 Å². The van der Waals surface area contributed by atoms with E-state index in [0.29, 0.717) is 29.1 Å². The van der Waals surface area contributed by atoms with E-state index >= 15 is 0 Å². The number of halogens is 1. The number of carbonyl (C=O) groups is 1. The maximum atomic E-state index is 12.1. The van der Waals surface area contributed by atoms with Crippen LogP contribution in [0.3, 0.4) is 0 Å². The van der Waals surface area contributed by atoms with E-state index in [1.165, 1.54) is 0 Å². The van der Waals surface area contributed by atoms with E-state index in [1.54, 1.807) is 12.1 Å². The molecule has 5 rings (SSSR count). The lowest BCUT2D eigenvalue weighted by Gasteiger charge is -2.41. The minimum Gasteiger partial charge on any atom is -0.507 e. The number of carbonyl (C=O) groups excluding carboxylic acids is 1. The lowest BCUT2D eigenvalue weighted by molar-refractivity contribution is -0.149. The molecule has 0 unspecified atom stereocenters. The van der Waals surface area contributed by atoms with Crippen molar-refractivity contribution in [3.05, 3.63) is 47.5 Å². The number of aromatic nitrogens is 2. The lowest BCUT2D eigenvalue weighted by Crippen LogP contribution is -2.48. The first-order valence-electron chi connectivity index (χ1n) is 12.4. The van der Waals surface area contributed by atoms with E-state index in [-0.39, 0.29) is 17.6 Å². The van der Waals surface area contributed by atoms with Crippen LogP contribution in [0.1, 0.15) is 32.6 Å². The number of esters is 1. The van der Waals surface area contributed by atoms with Crippen molar-refractivity contribution in [2.75, 3.05) is 37.7 Å². The Morgan fingerprint density at radius 1 is 1.06 bits per heavy atom. The zero-order valence-corrected chi connectivity index (χ0v) is 20.7. The number of nitrogens with zero attached hydrogens (tertiary/aromatic N) is 4. The van der Waals surface area contributed by atoms with Crippen LogP contribution in [-0.2, 0) is 9.53 Å². The standard InChI is InChI=1S/C27H31ClN4O3/c1-2-35-27(34)18-9-13-31(14-10-18)20-11-15-32(16-12-20)26-21-8-7-19(28)17-23(21)29-25(30-26)22-5-3-4-6-24(22)33/h3-8,17-18,20,33H,2,9-16H2,1H3. The number of anilines is 1. The Morgan fingerprint density at radius 2 is 1.80 bits per heavy atom. The molecular formula is C27H31ClN4O3. The smallest absolute Gasteiger partial charge is 0.309 e. The lowest BCUT2D eigenvalue weighted by atomic mass is 9.93. The molecule has 0 aliphatic carbocycles. The van der Waals surface area contributed by atoms with Gasteiger partial charge in [0.15, 0.2) is 5.82 Å². The van der Waals surface area contributed by atoms with Crippen molar-refractivity contribution in [1.29, 1.82) is 0 Å². The van der Waals surface area contributed by atoms with E-state index in [0.717, 1.165) is 68.6 Å². The second-order valence-electron chi connectivity index (χ2n) is 9.33. The molecule has 2 fully saturated rings. The van der Waals surface area contributed by atoms with Gasteiger partial charge in [0.2, 0.25) is 0 Å². The van der Waals surface area contributed by atoms with Crippen molar-refractivity contribution in [3.63, 3.8) is 0 Å². The predicted octanol–water partition coefficient (Wildman–Crippen LogP) is 4.90. The molecule has 0 radical (unpaired) electrons. The van der Waals surface area contributed by atoms with Crippen LogP contribution >= 0.6 is 11.6 Å². The number of rotatable bonds is 5. The molecule has 35 heavy (non-hydrogen) atoms. The van der Waals surface area contributed by atoms with Gasteiger partial charge in [-0.25, -0.2) is 9.97 Å². The van der Waals surface area contributed by atoms with Gasteiger partial charge in [0.1, 0.15) is 11.6 Å². The molecule has 0 atom stereocenters. The average Bonchev–Trinajstić information content (AvgIpc) is 2.88. The zero-order chi connectivity index (χ0) is 24.4. The van der Waals surface area contributed by atoms with Gasteiger partial charge in [-0.2, -0.15) is 0 Å². The zero-order valence-electron chi connectivity index (χ0n) is 20.0. The SMILES string of the molecule is CCOC(=O)C1CCN(C2CCN(c3nc(-c4ccccc4O)nc4cc(Cl)ccc34)CC2)CC1. The Balaban J connectivity index is 1.33. The van der Waals surface area contributed by atoms with E-state index in [4.69, 9.17) is 26.3 Å². The second-order valence-corrected chi connectivity index (χ2v) is 9.77. The number of benzene rings is 2. The first-order chi connectivity index (χ1) is 17.0. The van der Waals surface area contributed by atoms with Gasteiger partial charge in [-0.15, -0.1) is 0 Å². The molecule has 7 nitrogen and oxygen atoms in total. The largest absolute Gasteiger partial charge is 0.507 e. The molecule has 3 heterocycles. The monoisotopic (exact) mass is 494 g/mol. The highest BCUT2D eigenvalue weighted by Gasteiger charge is 2.32. The van der Waals surface area contributed by atoms with Crippen molar-refractivity contribution >= 4 is 34.3 Å². The predicted molar refractivity (Wildman–Crippen MR) is 138 cm³/mol. The molecular weight excluding hydrogens is 464 g/mol. The molecule has 2 aliphatic heterocycles. The fourth-order valence-electron chi connectivity index (χ4n) is 5.31. The molecule has 0 bridgehead atoms. The highest BCUT2D eigenvalue weighted by Crippen LogP contribution is 2.34. The highest BCUT2D eigenvalue weighted by atomic mass is 35.5. The van der Waals surface area contributed by atoms with Crippen LogP contribution in [0, 0.1) is 5.92 Å². The number of para-hydroxylation sites is 1. The highest BCUT2D eigenvalue weighted by molar-refractivity contribution is 6.31. The maximum absolute atomic E-state index is 12.1. The quantitative estimate of drug-likeness (QED) is 0.505. The number of likely N-dealkylation sites (tertiary alicyclic amines) is 1. The Kier molecular flexibility index (Phi) is 7.07. The molecule has 3 aromatic rings. The van der Waals surface area contributed by atoms with Gasteiger partial charge in [0, 0.05) is 29.5 Å². The molecule has 1 aromatic heterocycles. The summed E-state index contributed by atoms with van der Waals surface area (Å²) in [6.45, 7) is 5.98. The van der Waals surface area contributed by atoms with Gasteiger partial charge < -0.3 is 19.6 Å². The Hall–Kier alpha value is -2.90. The number of phenols is 1. The number of aromatic hydroxyl groups is 1. The van der Waals surface area contributed by atoms with Crippen LogP contribution in [0.25, 0.3) is 22.3 Å². The van der Waals surface area contributed by atoms with Crippen LogP contribution in [0.5, 0.6) is 5.75 Å². The Morgan fingerprint density at radius 3 is 2.51 bits per heavy atom. The summed E-state index contributed by atoms with van der Waals surface area (Å²) in [5.41, 5.74) is 1.37. The van der Waals surface area contributed by atoms with Gasteiger partial charge in [-0.1, -0.05) is 23.7 Å². The summed E-state index contributed by atoms with van der Waals surface area (Å²) in [5.74, 6) is 1.53. The summed E-state index contributed by atoms with van der Waals surface area (Å²) in [7, 11) is 0. The number of piperidine rings is 2. The normalized spacial score (nSPS) is 18.2. The summed E-state index contributed by atoms with van der Waals surface area (Å²) in [5, 5.41) is 12.0. The molecule has 0 saturated carbocycles. The van der Waals surface area contributed by atoms with Gasteiger partial charge in [-0.3, -0.25) is 4.79 Å². The first-order valence-corrected chi connectivity index (χ1v) is 12.8. The molecule has 2 aromatic carbocycles. The van der Waals surface area contributed by atoms with E-state index in [9.17, 15) is 9.90 Å². The maximum Gasteiger partial charge on any atom is 0.309 e. The topological polar surface area (TPSA) is 78.8 Å². The molecule has 184 valence electrons. The van der Waals surface area contributed by atoms with Gasteiger partial charge in [0.25, 0.3) is 0 Å². The minimum absolute atomic E-state index is 0.0401. The average molecular weight is 495 g/mol. The van der Waals surface area contributed by atoms with E-state index < -0.39 is 0 Å². The molecule has 0 spiro atoms. The number of phenolic OH excluding ortho intramolecular Hbond substituents is 1. The number of fused-ring (bicyclic) bond motifs is 1. The third kappa shape index (κ3) is 5.07. The second kappa shape index (κ2) is 10.4. The van der Waals surface area contributed by atoms with Gasteiger partial charge in [-0.05, 0) is 76.0 Å². The fraction of sp³-hybridized carbons (Fsp3) is 0.444. The number of hydrogen-bond acceptors (Lipinski definition) is 7. The van der Waals surface area contributed by atoms with Crippen molar-refractivity contribution in [1.82, 2.24) is 14.9 Å². The third-order valence-corrected chi connectivity index (χ3v) is 7.45. The van der Waals surface area contributed by atoms with Crippen LogP contribution < -0.4 is 4.90 Å². The Labute approximate surface area is 210 Å². The van der Waals surface area contributed by atoms with E-state index in [1.807, 2.05) is 37.3 Å². The molecule has 2 saturated heterocycles. The van der Waals surface area contributed by atoms with Crippen LogP contribution in [-0.4, -0.2) is 64.8 Å². The summed E-state index contributed by atoms with van der Waals surface area (Å²) >= 11 is 6.28. The Bertz CT molecular complexity index is 1200. The minimum atomic E-state index is -0.0435. The van der Waals surface area contributed by atoms with Crippen molar-refractivity contribution in [2.24, 2.45) is 5.92 Å². The number of hydrogen-bond donors (Lipinski definition) is 1. The summed E-state index contributed by atoms with van der Waals surface area (Å²) in [6, 6.07) is 13.4. The molecule has 2 aliphatic rings. The summed E-state index contributed by atoms with van der Waals surface area (Å²) in [6.07, 6.45) is 3.82.